The SMILES string of the molecule is C[NH+]=C1CCCC(=O)C1. The van der Waals surface area contributed by atoms with Crippen LogP contribution in [0.25, 0.3) is 0 Å². The van der Waals surface area contributed by atoms with Crippen LogP contribution < -0.4 is 4.99 Å². The molecular weight excluding hydrogens is 114 g/mol. The molecule has 0 aromatic carbocycles. The fraction of sp³-hybridized carbons (Fsp3) is 0.714. The second kappa shape index (κ2) is 2.76. The summed E-state index contributed by atoms with van der Waals surface area (Å²) in [4.78, 5) is 13.8. The summed E-state index contributed by atoms with van der Waals surface area (Å²) in [5.74, 6) is 0.380. The van der Waals surface area contributed by atoms with Crippen LogP contribution in [0, 0.1) is 0 Å². The second-order valence-electron chi connectivity index (χ2n) is 2.42. The highest BCUT2D eigenvalue weighted by Gasteiger charge is 2.16. The first-order valence-corrected chi connectivity index (χ1v) is 3.37. The van der Waals surface area contributed by atoms with E-state index in [0.29, 0.717) is 12.2 Å². The van der Waals surface area contributed by atoms with Crippen molar-refractivity contribution in [3.63, 3.8) is 0 Å². The fourth-order valence-electron chi connectivity index (χ4n) is 1.13. The van der Waals surface area contributed by atoms with Gasteiger partial charge in [0.2, 0.25) is 0 Å². The molecule has 1 rings (SSSR count). The summed E-state index contributed by atoms with van der Waals surface area (Å²) in [7, 11) is 1.88. The standard InChI is InChI=1S/C7H11NO/c1-8-6-3-2-4-7(9)5-6/h2-5H2,1H3/p+1. The normalized spacial score (nSPS) is 25.0. The van der Waals surface area contributed by atoms with Crippen molar-refractivity contribution in [2.45, 2.75) is 25.7 Å². The zero-order chi connectivity index (χ0) is 6.69. The molecule has 1 saturated carbocycles. The van der Waals surface area contributed by atoms with Gasteiger partial charge >= 0.3 is 0 Å². The van der Waals surface area contributed by atoms with Crippen LogP contribution in [0.5, 0.6) is 0 Å². The van der Waals surface area contributed by atoms with Gasteiger partial charge in [0.25, 0.3) is 0 Å². The van der Waals surface area contributed by atoms with Gasteiger partial charge in [-0.1, -0.05) is 0 Å². The van der Waals surface area contributed by atoms with Gasteiger partial charge in [0.1, 0.15) is 12.8 Å². The number of rotatable bonds is 0. The van der Waals surface area contributed by atoms with Crippen LogP contribution in [0.3, 0.4) is 0 Å². The number of hydrogen-bond donors (Lipinski definition) is 1. The summed E-state index contributed by atoms with van der Waals surface area (Å²) in [6.07, 6.45) is 3.57. The minimum absolute atomic E-state index is 0.380. The van der Waals surface area contributed by atoms with Crippen molar-refractivity contribution in [3.8, 4) is 0 Å². The Labute approximate surface area is 55.0 Å². The quantitative estimate of drug-likeness (QED) is 0.456. The zero-order valence-corrected chi connectivity index (χ0v) is 5.74. The van der Waals surface area contributed by atoms with Gasteiger partial charge in [-0.3, -0.25) is 9.79 Å². The highest BCUT2D eigenvalue weighted by atomic mass is 16.1. The Kier molecular flexibility index (Phi) is 1.98. The highest BCUT2D eigenvalue weighted by Crippen LogP contribution is 2.07. The maximum atomic E-state index is 10.8. The van der Waals surface area contributed by atoms with E-state index in [0.717, 1.165) is 19.3 Å². The van der Waals surface area contributed by atoms with Crippen molar-refractivity contribution in [2.24, 2.45) is 0 Å². The number of Topliss-reactive ketones (excluding diaryl/α,β-unsaturated/α-hetero) is 1. The van der Waals surface area contributed by atoms with Crippen LogP contribution in [0.2, 0.25) is 0 Å². The van der Waals surface area contributed by atoms with Gasteiger partial charge in [0.15, 0.2) is 5.71 Å². The Morgan fingerprint density at radius 2 is 2.22 bits per heavy atom. The van der Waals surface area contributed by atoms with E-state index in [1.54, 1.807) is 0 Å². The molecule has 0 aliphatic heterocycles. The van der Waals surface area contributed by atoms with Crippen molar-refractivity contribution in [3.05, 3.63) is 0 Å². The Bertz CT molecular complexity index is 149. The van der Waals surface area contributed by atoms with Gasteiger partial charge < -0.3 is 0 Å². The molecule has 9 heavy (non-hydrogen) atoms. The molecule has 0 unspecified atom stereocenters. The van der Waals surface area contributed by atoms with Crippen LogP contribution in [0.4, 0.5) is 0 Å². The summed E-state index contributed by atoms with van der Waals surface area (Å²) in [6.45, 7) is 0. The summed E-state index contributed by atoms with van der Waals surface area (Å²) >= 11 is 0. The zero-order valence-electron chi connectivity index (χ0n) is 5.74. The molecule has 50 valence electrons. The van der Waals surface area contributed by atoms with Crippen molar-refractivity contribution in [1.82, 2.24) is 0 Å². The molecule has 0 amide bonds. The van der Waals surface area contributed by atoms with Crippen molar-refractivity contribution >= 4 is 11.5 Å². The average Bonchev–Trinajstić information content (AvgIpc) is 1.88. The van der Waals surface area contributed by atoms with E-state index in [2.05, 4.69) is 4.99 Å². The Morgan fingerprint density at radius 3 is 2.67 bits per heavy atom. The topological polar surface area (TPSA) is 31.0 Å². The number of hydrogen-bond acceptors (Lipinski definition) is 1. The van der Waals surface area contributed by atoms with Gasteiger partial charge in [-0.2, -0.15) is 0 Å². The van der Waals surface area contributed by atoms with E-state index >= 15 is 0 Å². The Balaban J connectivity index is 2.51. The first kappa shape index (κ1) is 6.46. The summed E-state index contributed by atoms with van der Waals surface area (Å²) < 4.78 is 0. The molecule has 0 aromatic rings. The van der Waals surface area contributed by atoms with Crippen LogP contribution in [-0.4, -0.2) is 18.5 Å². The number of carbonyl (C=O) groups excluding carboxylic acids is 1. The summed E-state index contributed by atoms with van der Waals surface area (Å²) in [6, 6.07) is 0. The first-order chi connectivity index (χ1) is 4.33. The third kappa shape index (κ3) is 1.63. The fourth-order valence-corrected chi connectivity index (χ4v) is 1.13. The van der Waals surface area contributed by atoms with Gasteiger partial charge in [-0.05, 0) is 6.42 Å². The van der Waals surface area contributed by atoms with E-state index in [-0.39, 0.29) is 0 Å². The van der Waals surface area contributed by atoms with E-state index in [1.807, 2.05) is 7.05 Å². The predicted molar refractivity (Wildman–Crippen MR) is 35.4 cm³/mol. The van der Waals surface area contributed by atoms with Crippen molar-refractivity contribution in [2.75, 3.05) is 7.05 Å². The van der Waals surface area contributed by atoms with Crippen LogP contribution in [0.15, 0.2) is 0 Å². The molecule has 2 heteroatoms. The molecule has 1 N–H and O–H groups in total. The maximum Gasteiger partial charge on any atom is 0.157 e. The first-order valence-electron chi connectivity index (χ1n) is 3.37. The number of ketones is 1. The largest absolute Gasteiger partial charge is 0.299 e. The van der Waals surface area contributed by atoms with E-state index in [1.165, 1.54) is 5.71 Å². The number of nitrogens with one attached hydrogen (secondary N) is 1. The van der Waals surface area contributed by atoms with Crippen molar-refractivity contribution < 1.29 is 9.79 Å². The summed E-state index contributed by atoms with van der Waals surface area (Å²) in [5, 5.41) is 0. The third-order valence-corrected chi connectivity index (χ3v) is 1.70. The second-order valence-corrected chi connectivity index (χ2v) is 2.42. The van der Waals surface area contributed by atoms with E-state index in [9.17, 15) is 4.79 Å². The Morgan fingerprint density at radius 1 is 1.44 bits per heavy atom. The molecule has 0 atom stereocenters. The molecule has 0 bridgehead atoms. The van der Waals surface area contributed by atoms with Crippen LogP contribution in [0.1, 0.15) is 25.7 Å². The molecule has 0 heterocycles. The van der Waals surface area contributed by atoms with Crippen molar-refractivity contribution in [1.29, 1.82) is 0 Å². The molecule has 1 fully saturated rings. The third-order valence-electron chi connectivity index (χ3n) is 1.70. The lowest BCUT2D eigenvalue weighted by Gasteiger charge is -2.05. The average molecular weight is 126 g/mol. The predicted octanol–water partition coefficient (Wildman–Crippen LogP) is -0.719. The summed E-state index contributed by atoms with van der Waals surface area (Å²) in [5.41, 5.74) is 1.20. The monoisotopic (exact) mass is 126 g/mol. The molecule has 0 aromatic heterocycles. The molecule has 0 radical (unpaired) electrons. The Hall–Kier alpha value is -0.660. The van der Waals surface area contributed by atoms with E-state index in [4.69, 9.17) is 0 Å². The smallest absolute Gasteiger partial charge is 0.157 e. The molecule has 0 spiro atoms. The van der Waals surface area contributed by atoms with Crippen LogP contribution >= 0.6 is 0 Å². The maximum absolute atomic E-state index is 10.8. The molecule has 0 saturated heterocycles. The molecule has 1 aliphatic carbocycles. The minimum Gasteiger partial charge on any atom is -0.299 e. The lowest BCUT2D eigenvalue weighted by molar-refractivity contribution is -0.422. The minimum atomic E-state index is 0.380. The highest BCUT2D eigenvalue weighted by molar-refractivity contribution is 6.01. The van der Waals surface area contributed by atoms with Crippen LogP contribution in [-0.2, 0) is 4.79 Å². The lowest BCUT2D eigenvalue weighted by Crippen LogP contribution is -2.68. The van der Waals surface area contributed by atoms with Gasteiger partial charge in [0, 0.05) is 12.8 Å². The van der Waals surface area contributed by atoms with Gasteiger partial charge in [-0.25, -0.2) is 0 Å². The number of carbonyl (C=O) groups is 1. The van der Waals surface area contributed by atoms with E-state index < -0.39 is 0 Å². The van der Waals surface area contributed by atoms with Gasteiger partial charge in [0.05, 0.1) is 6.42 Å². The lowest BCUT2D eigenvalue weighted by atomic mass is 9.97. The molecular formula is C7H12NO+. The molecule has 2 nitrogen and oxygen atoms in total. The molecule has 1 aliphatic rings. The van der Waals surface area contributed by atoms with Gasteiger partial charge in [-0.15, -0.1) is 0 Å².